The molecule has 0 spiro atoms. The van der Waals surface area contributed by atoms with E-state index in [1.807, 2.05) is 0 Å². The van der Waals surface area contributed by atoms with Crippen LogP contribution in [0.1, 0.15) is 15.9 Å². The molecule has 0 saturated heterocycles. The molecule has 1 aromatic carbocycles. The minimum atomic E-state index is -1.07. The molecule has 21 heavy (non-hydrogen) atoms. The average Bonchev–Trinajstić information content (AvgIpc) is 2.87. The van der Waals surface area contributed by atoms with Gasteiger partial charge in [-0.2, -0.15) is 0 Å². The summed E-state index contributed by atoms with van der Waals surface area (Å²) < 4.78 is 27.8. The van der Waals surface area contributed by atoms with Crippen molar-refractivity contribution in [3.8, 4) is 0 Å². The number of nitrogens with zero attached hydrogens (tertiary/aromatic N) is 2. The number of rotatable bonds is 2. The number of carbonyl (C=O) groups excluding carboxylic acids is 1. The van der Waals surface area contributed by atoms with Gasteiger partial charge >= 0.3 is 0 Å². The Kier molecular flexibility index (Phi) is 3.21. The van der Waals surface area contributed by atoms with Crippen molar-refractivity contribution in [1.82, 2.24) is 10.3 Å². The molecule has 1 aliphatic heterocycles. The molecule has 0 saturated carbocycles. The minimum Gasteiger partial charge on any atom is -0.394 e. The molecule has 0 bridgehead atoms. The summed E-state index contributed by atoms with van der Waals surface area (Å²) in [7, 11) is 0. The number of hydrogen-bond acceptors (Lipinski definition) is 3. The number of allylic oxidation sites excluding steroid dienone is 1. The maximum atomic E-state index is 14.0. The van der Waals surface area contributed by atoms with Gasteiger partial charge in [-0.15, -0.1) is 0 Å². The Hall–Kier alpha value is -2.28. The van der Waals surface area contributed by atoms with E-state index in [0.29, 0.717) is 15.9 Å². The Morgan fingerprint density at radius 2 is 2.05 bits per heavy atom. The number of aromatic nitrogens is 1. The predicted molar refractivity (Wildman–Crippen MR) is 76.8 cm³/mol. The van der Waals surface area contributed by atoms with Gasteiger partial charge in [-0.05, 0) is 34.1 Å². The Morgan fingerprint density at radius 3 is 2.81 bits per heavy atom. The van der Waals surface area contributed by atoms with Crippen LogP contribution in [-0.4, -0.2) is 10.8 Å². The van der Waals surface area contributed by atoms with Crippen molar-refractivity contribution < 1.29 is 13.6 Å². The number of carbonyl (C=O) groups is 1. The number of ketones is 1. The van der Waals surface area contributed by atoms with Gasteiger partial charge in [0.2, 0.25) is 0 Å². The highest BCUT2D eigenvalue weighted by Gasteiger charge is 2.27. The fraction of sp³-hybridized carbons (Fsp3) is 0. The van der Waals surface area contributed by atoms with Gasteiger partial charge < -0.3 is 5.73 Å². The van der Waals surface area contributed by atoms with Crippen molar-refractivity contribution in [3.63, 3.8) is 0 Å². The van der Waals surface area contributed by atoms with Crippen molar-refractivity contribution in [2.24, 2.45) is 0 Å². The Bertz CT molecular complexity index is 805. The van der Waals surface area contributed by atoms with Crippen LogP contribution in [0.3, 0.4) is 0 Å². The number of Topliss-reactive ketones (excluding diaryl/α,β-unsaturated/α-hetero) is 1. The number of halogens is 3. The van der Waals surface area contributed by atoms with Crippen LogP contribution in [0.4, 0.5) is 20.3 Å². The van der Waals surface area contributed by atoms with E-state index in [0.717, 1.165) is 12.1 Å². The topological polar surface area (TPSA) is 70.1 Å². The lowest BCUT2D eigenvalue weighted by Crippen LogP contribution is -2.08. The molecule has 0 amide bonds. The molecule has 4 nitrogen and oxygen atoms in total. The zero-order chi connectivity index (χ0) is 15.1. The molecule has 105 valence electrons. The zero-order valence-corrected chi connectivity index (χ0v) is 12.0. The monoisotopic (exact) mass is 350 g/mol. The quantitative estimate of drug-likeness (QED) is 0.667. The number of fused-ring (bicyclic) bond motifs is 1. The summed E-state index contributed by atoms with van der Waals surface area (Å²) in [6, 6.07) is 3.68. The first kappa shape index (κ1) is 13.7. The summed E-state index contributed by atoms with van der Waals surface area (Å²) in [4.78, 5) is 16.5. The molecule has 2 aromatic rings. The molecule has 0 atom stereocenters. The van der Waals surface area contributed by atoms with E-state index in [-0.39, 0.29) is 11.1 Å². The van der Waals surface area contributed by atoms with Gasteiger partial charge in [-0.1, -0.05) is 0 Å². The second kappa shape index (κ2) is 4.92. The third-order valence-electron chi connectivity index (χ3n) is 3.06. The van der Waals surface area contributed by atoms with Crippen molar-refractivity contribution in [2.45, 2.75) is 0 Å². The van der Waals surface area contributed by atoms with Gasteiger partial charge in [-0.25, -0.2) is 19.1 Å². The van der Waals surface area contributed by atoms with E-state index >= 15 is 0 Å². The third kappa shape index (κ3) is 2.19. The molecule has 0 unspecified atom stereocenters. The van der Waals surface area contributed by atoms with Crippen molar-refractivity contribution >= 4 is 38.8 Å². The van der Waals surface area contributed by atoms with Crippen LogP contribution < -0.4 is 11.1 Å². The second-order valence-corrected chi connectivity index (χ2v) is 5.26. The Morgan fingerprint density at radius 1 is 1.29 bits per heavy atom. The van der Waals surface area contributed by atoms with E-state index < -0.39 is 23.1 Å². The molecule has 2 heterocycles. The van der Waals surface area contributed by atoms with E-state index in [9.17, 15) is 13.6 Å². The Balaban J connectivity index is 2.07. The van der Waals surface area contributed by atoms with Crippen LogP contribution in [0.2, 0.25) is 0 Å². The highest BCUT2D eigenvalue weighted by Crippen LogP contribution is 2.33. The summed E-state index contributed by atoms with van der Waals surface area (Å²) >= 11 is 3.25. The van der Waals surface area contributed by atoms with Crippen LogP contribution in [0.25, 0.3) is 5.57 Å². The average molecular weight is 351 g/mol. The number of hydrogen-bond donors (Lipinski definition) is 1. The third-order valence-corrected chi connectivity index (χ3v) is 3.49. The van der Waals surface area contributed by atoms with E-state index in [4.69, 9.17) is 5.73 Å². The first-order chi connectivity index (χ1) is 9.99. The minimum absolute atomic E-state index is 0.184. The van der Waals surface area contributed by atoms with Crippen molar-refractivity contribution in [2.75, 3.05) is 5.73 Å². The largest absolute Gasteiger partial charge is 0.394 e. The number of nitrogens with two attached hydrogens (primary N) is 1. The van der Waals surface area contributed by atoms with Crippen LogP contribution in [-0.2, 0) is 0 Å². The van der Waals surface area contributed by atoms with Gasteiger partial charge in [-0.3, -0.25) is 4.79 Å². The number of pyridine rings is 1. The van der Waals surface area contributed by atoms with Gasteiger partial charge in [0.15, 0.2) is 17.4 Å². The summed E-state index contributed by atoms with van der Waals surface area (Å²) in [5.41, 5.74) is 4.96. The smallest absolute Gasteiger partial charge is 0.198 e. The first-order valence-corrected chi connectivity index (χ1v) is 6.63. The SMILES string of the molecule is Nc1c(F)ccc(C(=O)C2=C[N]c3ncc(Br)cc32)c1F. The van der Waals surface area contributed by atoms with Gasteiger partial charge in [0.1, 0.15) is 11.5 Å². The van der Waals surface area contributed by atoms with E-state index in [1.165, 1.54) is 6.20 Å². The molecule has 3 rings (SSSR count). The van der Waals surface area contributed by atoms with Gasteiger partial charge in [0.05, 0.1) is 11.1 Å². The van der Waals surface area contributed by atoms with Gasteiger partial charge in [0, 0.05) is 22.4 Å². The lowest BCUT2D eigenvalue weighted by Gasteiger charge is -2.07. The maximum Gasteiger partial charge on any atom is 0.198 e. The highest BCUT2D eigenvalue weighted by atomic mass is 79.9. The molecular weight excluding hydrogens is 344 g/mol. The van der Waals surface area contributed by atoms with E-state index in [1.54, 1.807) is 12.3 Å². The van der Waals surface area contributed by atoms with Crippen LogP contribution in [0, 0.1) is 11.6 Å². The number of benzene rings is 1. The Labute approximate surface area is 126 Å². The predicted octanol–water partition coefficient (Wildman–Crippen LogP) is 3.18. The molecule has 1 aliphatic rings. The van der Waals surface area contributed by atoms with Crippen LogP contribution in [0.5, 0.6) is 0 Å². The fourth-order valence-corrected chi connectivity index (χ4v) is 2.33. The normalized spacial score (nSPS) is 12.6. The van der Waals surface area contributed by atoms with Crippen LogP contribution >= 0.6 is 15.9 Å². The molecule has 1 aromatic heterocycles. The summed E-state index contributed by atoms with van der Waals surface area (Å²) in [6.45, 7) is 0. The summed E-state index contributed by atoms with van der Waals surface area (Å²) in [6.07, 6.45) is 2.85. The second-order valence-electron chi connectivity index (χ2n) is 4.35. The molecule has 2 N–H and O–H groups in total. The number of anilines is 1. The van der Waals surface area contributed by atoms with Crippen molar-refractivity contribution in [3.05, 3.63) is 57.8 Å². The van der Waals surface area contributed by atoms with Crippen molar-refractivity contribution in [1.29, 1.82) is 0 Å². The lowest BCUT2D eigenvalue weighted by molar-refractivity contribution is 0.105. The van der Waals surface area contributed by atoms with E-state index in [2.05, 4.69) is 26.2 Å². The van der Waals surface area contributed by atoms with Gasteiger partial charge in [0.25, 0.3) is 0 Å². The van der Waals surface area contributed by atoms with Crippen LogP contribution in [0.15, 0.2) is 35.1 Å². The summed E-state index contributed by atoms with van der Waals surface area (Å²) in [5.74, 6) is -2.23. The molecule has 0 aliphatic carbocycles. The lowest BCUT2D eigenvalue weighted by atomic mass is 9.98. The molecular formula is C14H7BrF2N3O. The zero-order valence-electron chi connectivity index (χ0n) is 10.4. The number of nitrogen functional groups attached to an aromatic ring is 1. The maximum absolute atomic E-state index is 14.0. The molecule has 0 fully saturated rings. The first-order valence-electron chi connectivity index (χ1n) is 5.84. The molecule has 1 radical (unpaired) electrons. The fourth-order valence-electron chi connectivity index (χ4n) is 2.00. The summed E-state index contributed by atoms with van der Waals surface area (Å²) in [5, 5.41) is 4.00. The highest BCUT2D eigenvalue weighted by molar-refractivity contribution is 9.10. The standard InChI is InChI=1S/C14H7BrF2N3O/c15-6-3-8-9(5-20-14(8)19-4-6)13(21)7-1-2-10(16)12(18)11(7)17/h1-5H,18H2. The molecule has 7 heteroatoms.